The van der Waals surface area contributed by atoms with Gasteiger partial charge in [0.25, 0.3) is 10.1 Å². The lowest BCUT2D eigenvalue weighted by atomic mass is 9.87. The van der Waals surface area contributed by atoms with E-state index in [1.165, 1.54) is 0 Å². The molecule has 20 heavy (non-hydrogen) atoms. The van der Waals surface area contributed by atoms with Crippen molar-refractivity contribution in [2.24, 2.45) is 17.8 Å². The molecule has 4 nitrogen and oxygen atoms in total. The summed E-state index contributed by atoms with van der Waals surface area (Å²) < 4.78 is 30.0. The largest absolute Gasteiger partial charge is 0.396 e. The molecule has 1 N–H and O–H groups in total. The van der Waals surface area contributed by atoms with E-state index in [0.717, 1.165) is 24.8 Å². The lowest BCUT2D eigenvalue weighted by molar-refractivity contribution is 0.0775. The third-order valence-electron chi connectivity index (χ3n) is 4.68. The number of hydrogen-bond donors (Lipinski definition) is 1. The summed E-state index contributed by atoms with van der Waals surface area (Å²) in [7, 11) is -3.70. The summed E-state index contributed by atoms with van der Waals surface area (Å²) in [6.07, 6.45) is 2.52. The zero-order valence-electron chi connectivity index (χ0n) is 11.5. The molecule has 2 bridgehead atoms. The lowest BCUT2D eigenvalue weighted by Crippen LogP contribution is -2.31. The van der Waals surface area contributed by atoms with Gasteiger partial charge in [0, 0.05) is 6.61 Å². The minimum absolute atomic E-state index is 0.131. The van der Waals surface area contributed by atoms with Gasteiger partial charge < -0.3 is 5.11 Å². The van der Waals surface area contributed by atoms with Gasteiger partial charge in [-0.3, -0.25) is 4.18 Å². The standard InChI is InChI=1S/C15H20O4S/c1-10-2-4-13(5-3-10)20(17,18)19-15-8-11-6-12(9-16)14(15)7-11/h2-5,11-12,14-16H,6-9H2,1H3/t11-,12+,14-,15+/m1/s1. The monoisotopic (exact) mass is 296 g/mol. The topological polar surface area (TPSA) is 63.6 Å². The van der Waals surface area contributed by atoms with E-state index in [1.807, 2.05) is 6.92 Å². The Hall–Kier alpha value is -0.910. The second-order valence-electron chi connectivity index (χ2n) is 6.08. The van der Waals surface area contributed by atoms with Crippen molar-refractivity contribution < 1.29 is 17.7 Å². The Morgan fingerprint density at radius 2 is 1.90 bits per heavy atom. The molecule has 5 heteroatoms. The van der Waals surface area contributed by atoms with Crippen LogP contribution in [0.2, 0.25) is 0 Å². The molecule has 1 aromatic carbocycles. The third-order valence-corrected chi connectivity index (χ3v) is 6.03. The first-order chi connectivity index (χ1) is 9.49. The molecule has 0 amide bonds. The third kappa shape index (κ3) is 2.50. The molecule has 0 radical (unpaired) electrons. The number of rotatable bonds is 4. The number of aliphatic hydroxyl groups is 1. The van der Waals surface area contributed by atoms with Crippen molar-refractivity contribution in [3.63, 3.8) is 0 Å². The molecule has 3 rings (SSSR count). The van der Waals surface area contributed by atoms with Crippen molar-refractivity contribution in [1.82, 2.24) is 0 Å². The van der Waals surface area contributed by atoms with Crippen LogP contribution >= 0.6 is 0 Å². The average Bonchev–Trinajstić information content (AvgIpc) is 2.97. The molecular formula is C15H20O4S. The summed E-state index contributed by atoms with van der Waals surface area (Å²) in [5.41, 5.74) is 1.02. The molecular weight excluding hydrogens is 276 g/mol. The van der Waals surface area contributed by atoms with Gasteiger partial charge in [0.05, 0.1) is 11.0 Å². The molecule has 110 valence electrons. The van der Waals surface area contributed by atoms with Gasteiger partial charge in [0.1, 0.15) is 0 Å². The van der Waals surface area contributed by atoms with E-state index in [4.69, 9.17) is 4.18 Å². The Bertz CT molecular complexity index is 578. The van der Waals surface area contributed by atoms with E-state index < -0.39 is 10.1 Å². The van der Waals surface area contributed by atoms with Gasteiger partial charge in [0.15, 0.2) is 0 Å². The van der Waals surface area contributed by atoms with Crippen LogP contribution in [0, 0.1) is 24.7 Å². The fourth-order valence-electron chi connectivity index (χ4n) is 3.67. The predicted molar refractivity (Wildman–Crippen MR) is 74.6 cm³/mol. The first-order valence-electron chi connectivity index (χ1n) is 7.10. The lowest BCUT2D eigenvalue weighted by Gasteiger charge is -2.27. The predicted octanol–water partition coefficient (Wildman–Crippen LogP) is 2.11. The van der Waals surface area contributed by atoms with E-state index in [2.05, 4.69) is 0 Å². The normalized spacial score (nSPS) is 32.7. The highest BCUT2D eigenvalue weighted by atomic mass is 32.2. The van der Waals surface area contributed by atoms with Gasteiger partial charge in [-0.05, 0) is 56.1 Å². The summed E-state index contributed by atoms with van der Waals surface area (Å²) in [5, 5.41) is 9.35. The second-order valence-corrected chi connectivity index (χ2v) is 7.65. The van der Waals surface area contributed by atoms with Gasteiger partial charge in [-0.1, -0.05) is 17.7 Å². The smallest absolute Gasteiger partial charge is 0.297 e. The molecule has 0 spiro atoms. The summed E-state index contributed by atoms with van der Waals surface area (Å²) in [5.74, 6) is 0.896. The van der Waals surface area contributed by atoms with Crippen molar-refractivity contribution in [3.8, 4) is 0 Å². The maximum Gasteiger partial charge on any atom is 0.297 e. The second kappa shape index (κ2) is 5.13. The van der Waals surface area contributed by atoms with Gasteiger partial charge >= 0.3 is 0 Å². The van der Waals surface area contributed by atoms with E-state index >= 15 is 0 Å². The number of benzene rings is 1. The van der Waals surface area contributed by atoms with Gasteiger partial charge in [-0.15, -0.1) is 0 Å². The fourth-order valence-corrected chi connectivity index (χ4v) is 4.80. The van der Waals surface area contributed by atoms with Crippen molar-refractivity contribution in [3.05, 3.63) is 29.8 Å². The highest BCUT2D eigenvalue weighted by Gasteiger charge is 2.48. The van der Waals surface area contributed by atoms with Crippen molar-refractivity contribution in [2.45, 2.75) is 37.2 Å². The van der Waals surface area contributed by atoms with Crippen molar-refractivity contribution in [1.29, 1.82) is 0 Å². The molecule has 2 aliphatic carbocycles. The zero-order chi connectivity index (χ0) is 14.3. The van der Waals surface area contributed by atoms with Crippen LogP contribution in [0.25, 0.3) is 0 Å². The van der Waals surface area contributed by atoms with Gasteiger partial charge in [-0.2, -0.15) is 8.42 Å². The molecule has 2 fully saturated rings. The molecule has 0 heterocycles. The van der Waals surface area contributed by atoms with Crippen LogP contribution in [0.3, 0.4) is 0 Å². The van der Waals surface area contributed by atoms with Crippen molar-refractivity contribution in [2.75, 3.05) is 6.61 Å². The Morgan fingerprint density at radius 1 is 1.20 bits per heavy atom. The summed E-state index contributed by atoms with van der Waals surface area (Å²) in [6, 6.07) is 6.71. The van der Waals surface area contributed by atoms with Crippen LogP contribution in [-0.4, -0.2) is 26.2 Å². The van der Waals surface area contributed by atoms with Crippen LogP contribution in [-0.2, 0) is 14.3 Å². The molecule has 0 aromatic heterocycles. The first-order valence-corrected chi connectivity index (χ1v) is 8.51. The van der Waals surface area contributed by atoms with E-state index in [9.17, 15) is 13.5 Å². The number of aryl methyl sites for hydroxylation is 1. The van der Waals surface area contributed by atoms with E-state index in [1.54, 1.807) is 24.3 Å². The number of fused-ring (bicyclic) bond motifs is 2. The molecule has 2 saturated carbocycles. The number of hydrogen-bond acceptors (Lipinski definition) is 4. The van der Waals surface area contributed by atoms with Crippen LogP contribution in [0.15, 0.2) is 29.2 Å². The van der Waals surface area contributed by atoms with E-state index in [-0.39, 0.29) is 29.4 Å². The summed E-state index contributed by atoms with van der Waals surface area (Å²) in [6.45, 7) is 2.05. The molecule has 1 aromatic rings. The Labute approximate surface area is 119 Å². The van der Waals surface area contributed by atoms with Crippen LogP contribution in [0.5, 0.6) is 0 Å². The molecule has 4 atom stereocenters. The SMILES string of the molecule is Cc1ccc(S(=O)(=O)O[C@H]2C[C@@H]3C[C@@H](CO)[C@H]2C3)cc1. The summed E-state index contributed by atoms with van der Waals surface area (Å²) in [4.78, 5) is 0.214. The van der Waals surface area contributed by atoms with Gasteiger partial charge in [-0.25, -0.2) is 0 Å². The van der Waals surface area contributed by atoms with E-state index in [0.29, 0.717) is 5.92 Å². The minimum Gasteiger partial charge on any atom is -0.396 e. The van der Waals surface area contributed by atoms with Crippen LogP contribution in [0.1, 0.15) is 24.8 Å². The first kappa shape index (κ1) is 14.0. The molecule has 0 saturated heterocycles. The van der Waals surface area contributed by atoms with Crippen molar-refractivity contribution >= 4 is 10.1 Å². The van der Waals surface area contributed by atoms with Crippen LogP contribution < -0.4 is 0 Å². The maximum absolute atomic E-state index is 12.3. The summed E-state index contributed by atoms with van der Waals surface area (Å²) >= 11 is 0. The average molecular weight is 296 g/mol. The van der Waals surface area contributed by atoms with Crippen LogP contribution in [0.4, 0.5) is 0 Å². The quantitative estimate of drug-likeness (QED) is 0.864. The highest BCUT2D eigenvalue weighted by molar-refractivity contribution is 7.86. The molecule has 2 aliphatic rings. The zero-order valence-corrected chi connectivity index (χ0v) is 12.3. The number of aliphatic hydroxyl groups excluding tert-OH is 1. The Balaban J connectivity index is 1.76. The van der Waals surface area contributed by atoms with Gasteiger partial charge in [0.2, 0.25) is 0 Å². The Morgan fingerprint density at radius 3 is 2.50 bits per heavy atom. The highest BCUT2D eigenvalue weighted by Crippen LogP contribution is 2.50. The maximum atomic E-state index is 12.3. The fraction of sp³-hybridized carbons (Fsp3) is 0.600. The molecule has 0 unspecified atom stereocenters. The minimum atomic E-state index is -3.70. The Kier molecular flexibility index (Phi) is 3.60. The molecule has 0 aliphatic heterocycles.